The third kappa shape index (κ3) is 9.14. The van der Waals surface area contributed by atoms with Crippen molar-refractivity contribution in [2.24, 2.45) is 0 Å². The van der Waals surface area contributed by atoms with Gasteiger partial charge in [0.15, 0.2) is 24.6 Å². The number of carbonyl (C=O) groups is 3. The van der Waals surface area contributed by atoms with E-state index in [1.54, 1.807) is 48.5 Å². The molecule has 4 N–H and O–H groups in total. The second-order valence-corrected chi connectivity index (χ2v) is 12.0. The van der Waals surface area contributed by atoms with Crippen molar-refractivity contribution in [3.05, 3.63) is 133 Å². The van der Waals surface area contributed by atoms with Crippen LogP contribution >= 0.6 is 0 Å². The van der Waals surface area contributed by atoms with Gasteiger partial charge in [-0.05, 0) is 47.5 Å². The summed E-state index contributed by atoms with van der Waals surface area (Å²) in [5.74, 6) is 0.568. The molecule has 5 aromatic carbocycles. The topological polar surface area (TPSA) is 163 Å². The van der Waals surface area contributed by atoms with E-state index in [1.807, 2.05) is 84.9 Å². The molecule has 1 saturated heterocycles. The number of nitrogens with one attached hydrogen (secondary N) is 3. The summed E-state index contributed by atoms with van der Waals surface area (Å²) in [5.41, 5.74) is 4.34. The molecule has 1 aliphatic heterocycles. The number of benzene rings is 5. The maximum Gasteiger partial charge on any atom is 0.412 e. The number of aliphatic hydroxyl groups excluding tert-OH is 1. The van der Waals surface area contributed by atoms with Crippen LogP contribution in [0.2, 0.25) is 0 Å². The minimum absolute atomic E-state index is 0.366. The van der Waals surface area contributed by atoms with Gasteiger partial charge in [0.2, 0.25) is 0 Å². The highest BCUT2D eigenvalue weighted by Crippen LogP contribution is 2.33. The van der Waals surface area contributed by atoms with E-state index >= 15 is 0 Å². The van der Waals surface area contributed by atoms with Crippen molar-refractivity contribution < 1.29 is 47.9 Å². The maximum absolute atomic E-state index is 13.8. The maximum atomic E-state index is 13.8. The monoisotopic (exact) mass is 733 g/mol. The highest BCUT2D eigenvalue weighted by atomic mass is 16.7. The van der Waals surface area contributed by atoms with Crippen LogP contribution in [-0.4, -0.2) is 74.9 Å². The Labute approximate surface area is 311 Å². The van der Waals surface area contributed by atoms with E-state index in [0.29, 0.717) is 28.4 Å². The van der Waals surface area contributed by atoms with E-state index in [1.165, 1.54) is 14.2 Å². The van der Waals surface area contributed by atoms with Gasteiger partial charge < -0.3 is 33.5 Å². The number of amides is 3. The lowest BCUT2D eigenvalue weighted by atomic mass is 9.98. The minimum atomic E-state index is -1.55. The van der Waals surface area contributed by atoms with Gasteiger partial charge in [-0.15, -0.1) is 0 Å². The number of ether oxygens (including phenoxy) is 6. The molecule has 1 fully saturated rings. The van der Waals surface area contributed by atoms with Crippen molar-refractivity contribution in [1.29, 1.82) is 0 Å². The molecule has 13 nitrogen and oxygen atoms in total. The van der Waals surface area contributed by atoms with Crippen LogP contribution in [0.1, 0.15) is 0 Å². The molecule has 5 aromatic rings. The van der Waals surface area contributed by atoms with Gasteiger partial charge in [-0.1, -0.05) is 97.1 Å². The number of anilines is 3. The number of hydrogen-bond acceptors (Lipinski definition) is 10. The summed E-state index contributed by atoms with van der Waals surface area (Å²) in [4.78, 5) is 40.7. The first-order chi connectivity index (χ1) is 26.4. The average molecular weight is 734 g/mol. The Morgan fingerprint density at radius 2 is 1.04 bits per heavy atom. The first-order valence-electron chi connectivity index (χ1n) is 17.0. The molecule has 3 amide bonds. The van der Waals surface area contributed by atoms with Gasteiger partial charge in [-0.2, -0.15) is 0 Å². The number of hydrogen-bond donors (Lipinski definition) is 4. The standard InChI is InChI=1S/C41H39N3O10/c1-49-29-23-21-28(22-24-29)42-39(46)52-35-34(25-45)51-38(50-2)37(54-41(48)44-33-20-12-10-18-31(33)27-15-7-4-8-16-27)36(35)53-40(47)43-32-19-11-9-17-30(32)26-13-5-3-6-14-26/h3-24,34-38,45H,25H2,1-2H3,(H,42,46)(H,43,47)(H,44,48)/t34-,35-,36+,37-,38+/m1/s1. The van der Waals surface area contributed by atoms with Crippen LogP contribution in [0.3, 0.4) is 0 Å². The van der Waals surface area contributed by atoms with Crippen LogP contribution in [0.4, 0.5) is 31.4 Å². The van der Waals surface area contributed by atoms with Crippen molar-refractivity contribution in [1.82, 2.24) is 0 Å². The highest BCUT2D eigenvalue weighted by Gasteiger charge is 2.53. The third-order valence-corrected chi connectivity index (χ3v) is 8.57. The summed E-state index contributed by atoms with van der Waals surface area (Å²) in [7, 11) is 2.81. The lowest BCUT2D eigenvalue weighted by Crippen LogP contribution is -2.63. The molecule has 1 heterocycles. The first kappa shape index (κ1) is 37.4. The summed E-state index contributed by atoms with van der Waals surface area (Å²) in [6, 6.07) is 39.5. The van der Waals surface area contributed by atoms with Crippen molar-refractivity contribution in [2.45, 2.75) is 30.7 Å². The molecule has 278 valence electrons. The summed E-state index contributed by atoms with van der Waals surface area (Å²) in [6.07, 6.45) is -10.1. The summed E-state index contributed by atoms with van der Waals surface area (Å²) >= 11 is 0. The molecule has 5 atom stereocenters. The molecule has 0 saturated carbocycles. The Hall–Kier alpha value is -6.41. The fraction of sp³-hybridized carbons (Fsp3) is 0.195. The molecule has 13 heteroatoms. The van der Waals surface area contributed by atoms with E-state index in [-0.39, 0.29) is 0 Å². The molecular weight excluding hydrogens is 694 g/mol. The summed E-state index contributed by atoms with van der Waals surface area (Å²) < 4.78 is 34.3. The van der Waals surface area contributed by atoms with E-state index in [2.05, 4.69) is 16.0 Å². The van der Waals surface area contributed by atoms with E-state index in [9.17, 15) is 19.5 Å². The third-order valence-electron chi connectivity index (χ3n) is 8.57. The van der Waals surface area contributed by atoms with Gasteiger partial charge in [-0.25, -0.2) is 14.4 Å². The Morgan fingerprint density at radius 1 is 0.574 bits per heavy atom. The number of methoxy groups -OCH3 is 2. The molecule has 0 bridgehead atoms. The lowest BCUT2D eigenvalue weighted by molar-refractivity contribution is -0.290. The number of para-hydroxylation sites is 2. The molecule has 0 unspecified atom stereocenters. The predicted octanol–water partition coefficient (Wildman–Crippen LogP) is 7.54. The van der Waals surface area contributed by atoms with Crippen LogP contribution in [0.15, 0.2) is 133 Å². The molecule has 0 spiro atoms. The molecule has 1 aliphatic rings. The van der Waals surface area contributed by atoms with Crippen LogP contribution in [0, 0.1) is 0 Å². The van der Waals surface area contributed by atoms with Crippen LogP contribution in [0.25, 0.3) is 22.3 Å². The number of aliphatic hydroxyl groups is 1. The zero-order chi connectivity index (χ0) is 37.9. The van der Waals surface area contributed by atoms with Crippen molar-refractivity contribution >= 4 is 35.3 Å². The first-order valence-corrected chi connectivity index (χ1v) is 17.0. The number of carbonyl (C=O) groups excluding carboxylic acids is 3. The van der Waals surface area contributed by atoms with Crippen LogP contribution in [0.5, 0.6) is 5.75 Å². The molecular formula is C41H39N3O10. The quantitative estimate of drug-likeness (QED) is 0.0998. The van der Waals surface area contributed by atoms with Crippen LogP contribution in [-0.2, 0) is 23.7 Å². The zero-order valence-corrected chi connectivity index (χ0v) is 29.4. The Kier molecular flexibility index (Phi) is 12.4. The Balaban J connectivity index is 1.29. The van der Waals surface area contributed by atoms with Gasteiger partial charge in [0, 0.05) is 23.9 Å². The smallest absolute Gasteiger partial charge is 0.412 e. The second-order valence-electron chi connectivity index (χ2n) is 12.0. The largest absolute Gasteiger partial charge is 0.497 e. The van der Waals surface area contributed by atoms with Gasteiger partial charge in [-0.3, -0.25) is 16.0 Å². The van der Waals surface area contributed by atoms with E-state index < -0.39 is 55.6 Å². The minimum Gasteiger partial charge on any atom is -0.497 e. The van der Waals surface area contributed by atoms with Gasteiger partial charge in [0.05, 0.1) is 25.1 Å². The van der Waals surface area contributed by atoms with E-state index in [0.717, 1.165) is 16.7 Å². The fourth-order valence-electron chi connectivity index (χ4n) is 6.01. The summed E-state index contributed by atoms with van der Waals surface area (Å²) in [6.45, 7) is -0.679. The van der Waals surface area contributed by atoms with Gasteiger partial charge in [0.1, 0.15) is 11.9 Å². The highest BCUT2D eigenvalue weighted by molar-refractivity contribution is 5.93. The number of rotatable bonds is 11. The second kappa shape index (κ2) is 17.9. The molecule has 0 aliphatic carbocycles. The average Bonchev–Trinajstić information content (AvgIpc) is 3.20. The Morgan fingerprint density at radius 3 is 1.54 bits per heavy atom. The molecule has 0 radical (unpaired) electrons. The molecule has 6 rings (SSSR count). The zero-order valence-electron chi connectivity index (χ0n) is 29.4. The van der Waals surface area contributed by atoms with Crippen molar-refractivity contribution in [2.75, 3.05) is 36.8 Å². The van der Waals surface area contributed by atoms with Gasteiger partial charge in [0.25, 0.3) is 0 Å². The molecule has 54 heavy (non-hydrogen) atoms. The lowest BCUT2D eigenvalue weighted by Gasteiger charge is -2.43. The molecule has 0 aromatic heterocycles. The fourth-order valence-corrected chi connectivity index (χ4v) is 6.01. The summed E-state index contributed by atoms with van der Waals surface area (Å²) in [5, 5.41) is 18.5. The van der Waals surface area contributed by atoms with Gasteiger partial charge >= 0.3 is 18.3 Å². The Bertz CT molecular complexity index is 2010. The van der Waals surface area contributed by atoms with Crippen molar-refractivity contribution in [3.63, 3.8) is 0 Å². The van der Waals surface area contributed by atoms with E-state index in [4.69, 9.17) is 28.4 Å². The van der Waals surface area contributed by atoms with Crippen LogP contribution < -0.4 is 20.7 Å². The predicted molar refractivity (Wildman–Crippen MR) is 201 cm³/mol. The normalized spacial score (nSPS) is 19.1. The van der Waals surface area contributed by atoms with Crippen molar-refractivity contribution in [3.8, 4) is 28.0 Å². The SMILES string of the molecule is COc1ccc(NC(=O)O[C@H]2[C@H](OC(=O)Nc3ccccc3-c3ccccc3)[C@@H](OC(=O)Nc3ccccc3-c3ccccc3)[C@@H](OC)O[C@@H]2CO)cc1.